The molecule has 1 aliphatic carbocycles. The van der Waals surface area contributed by atoms with E-state index in [0.717, 1.165) is 23.3 Å². The van der Waals surface area contributed by atoms with Crippen LogP contribution in [0, 0.1) is 5.82 Å². The van der Waals surface area contributed by atoms with E-state index in [1.165, 1.54) is 23.5 Å². The van der Waals surface area contributed by atoms with E-state index in [1.54, 1.807) is 12.1 Å². The average molecular weight is 275 g/mol. The Kier molecular flexibility index (Phi) is 3.34. The fraction of sp³-hybridized carbons (Fsp3) is 0.267. The first-order valence-electron chi connectivity index (χ1n) is 6.33. The molecule has 0 spiro atoms. The molecule has 1 aromatic carbocycles. The first-order valence-corrected chi connectivity index (χ1v) is 7.21. The van der Waals surface area contributed by atoms with Gasteiger partial charge in [-0.2, -0.15) is 0 Å². The van der Waals surface area contributed by atoms with Gasteiger partial charge in [-0.15, -0.1) is 11.3 Å². The zero-order valence-corrected chi connectivity index (χ0v) is 11.2. The number of carbonyl (C=O) groups is 1. The Morgan fingerprint density at radius 2 is 2.00 bits per heavy atom. The molecule has 1 aliphatic rings. The van der Waals surface area contributed by atoms with Crippen LogP contribution in [0.1, 0.15) is 28.1 Å². The molecule has 1 fully saturated rings. The van der Waals surface area contributed by atoms with Gasteiger partial charge in [-0.05, 0) is 42.0 Å². The van der Waals surface area contributed by atoms with Crippen molar-refractivity contribution in [2.75, 3.05) is 0 Å². The zero-order chi connectivity index (χ0) is 13.2. The van der Waals surface area contributed by atoms with Crippen molar-refractivity contribution in [3.8, 4) is 0 Å². The van der Waals surface area contributed by atoms with Crippen molar-refractivity contribution in [2.24, 2.45) is 0 Å². The molecular formula is C15H14FNOS. The zero-order valence-electron chi connectivity index (χ0n) is 10.4. The molecule has 0 atom stereocenters. The number of hydrogen-bond donors (Lipinski definition) is 0. The number of thiophene rings is 1. The standard InChI is InChI=1S/C15H14FNOS/c16-12-5-3-11(4-6-12)10-17(13-7-8-13)15(18)14-2-1-9-19-14/h1-6,9,13H,7-8,10H2. The van der Waals surface area contributed by atoms with Gasteiger partial charge in [-0.1, -0.05) is 18.2 Å². The largest absolute Gasteiger partial charge is 0.331 e. The number of nitrogens with zero attached hydrogens (tertiary/aromatic N) is 1. The summed E-state index contributed by atoms with van der Waals surface area (Å²) >= 11 is 1.47. The summed E-state index contributed by atoms with van der Waals surface area (Å²) in [4.78, 5) is 15.1. The smallest absolute Gasteiger partial charge is 0.264 e. The van der Waals surface area contributed by atoms with Crippen molar-refractivity contribution in [1.82, 2.24) is 4.90 Å². The van der Waals surface area contributed by atoms with E-state index in [2.05, 4.69) is 0 Å². The second-order valence-electron chi connectivity index (χ2n) is 4.77. The van der Waals surface area contributed by atoms with E-state index >= 15 is 0 Å². The Bertz CT molecular complexity index is 560. The Morgan fingerprint density at radius 3 is 2.58 bits per heavy atom. The molecular weight excluding hydrogens is 261 g/mol. The molecule has 0 aliphatic heterocycles. The number of benzene rings is 1. The maximum absolute atomic E-state index is 12.9. The number of hydrogen-bond acceptors (Lipinski definition) is 2. The van der Waals surface area contributed by atoms with Crippen LogP contribution >= 0.6 is 11.3 Å². The van der Waals surface area contributed by atoms with E-state index in [1.807, 2.05) is 22.4 Å². The molecule has 0 N–H and O–H groups in total. The quantitative estimate of drug-likeness (QED) is 0.833. The highest BCUT2D eigenvalue weighted by Crippen LogP contribution is 2.30. The Hall–Kier alpha value is -1.68. The van der Waals surface area contributed by atoms with Gasteiger partial charge < -0.3 is 4.90 Å². The third-order valence-electron chi connectivity index (χ3n) is 3.25. The summed E-state index contributed by atoms with van der Waals surface area (Å²) < 4.78 is 12.9. The molecule has 0 bridgehead atoms. The molecule has 19 heavy (non-hydrogen) atoms. The second kappa shape index (κ2) is 5.13. The SMILES string of the molecule is O=C(c1cccs1)N(Cc1ccc(F)cc1)C1CC1. The minimum absolute atomic E-state index is 0.0850. The van der Waals surface area contributed by atoms with Gasteiger partial charge in [0.15, 0.2) is 0 Å². The number of halogens is 1. The molecule has 1 heterocycles. The van der Waals surface area contributed by atoms with Crippen molar-refractivity contribution in [3.05, 3.63) is 58.0 Å². The molecule has 2 aromatic rings. The molecule has 1 saturated carbocycles. The van der Waals surface area contributed by atoms with Crippen LogP contribution in [0.4, 0.5) is 4.39 Å². The Labute approximate surface area is 115 Å². The normalized spacial score (nSPS) is 14.4. The van der Waals surface area contributed by atoms with Gasteiger partial charge in [-0.25, -0.2) is 4.39 Å². The van der Waals surface area contributed by atoms with Crippen molar-refractivity contribution in [3.63, 3.8) is 0 Å². The molecule has 2 nitrogen and oxygen atoms in total. The van der Waals surface area contributed by atoms with Gasteiger partial charge in [0.2, 0.25) is 0 Å². The first kappa shape index (κ1) is 12.4. The van der Waals surface area contributed by atoms with E-state index in [-0.39, 0.29) is 11.7 Å². The highest BCUT2D eigenvalue weighted by Gasteiger charge is 2.33. The van der Waals surface area contributed by atoms with Crippen LogP contribution in [0.5, 0.6) is 0 Å². The van der Waals surface area contributed by atoms with Gasteiger partial charge in [0.05, 0.1) is 4.88 Å². The predicted molar refractivity (Wildman–Crippen MR) is 73.6 cm³/mol. The average Bonchev–Trinajstić information content (AvgIpc) is 3.11. The van der Waals surface area contributed by atoms with Gasteiger partial charge in [0.1, 0.15) is 5.82 Å². The summed E-state index contributed by atoms with van der Waals surface area (Å²) in [5.41, 5.74) is 0.971. The van der Waals surface area contributed by atoms with Crippen molar-refractivity contribution in [2.45, 2.75) is 25.4 Å². The summed E-state index contributed by atoms with van der Waals surface area (Å²) in [7, 11) is 0. The molecule has 3 rings (SSSR count). The molecule has 1 amide bonds. The third-order valence-corrected chi connectivity index (χ3v) is 4.10. The van der Waals surface area contributed by atoms with E-state index < -0.39 is 0 Å². The monoisotopic (exact) mass is 275 g/mol. The minimum atomic E-state index is -0.244. The van der Waals surface area contributed by atoms with Crippen LogP contribution in [-0.2, 0) is 6.54 Å². The lowest BCUT2D eigenvalue weighted by molar-refractivity contribution is 0.0735. The summed E-state index contributed by atoms with van der Waals surface area (Å²) in [5.74, 6) is -0.159. The van der Waals surface area contributed by atoms with E-state index in [0.29, 0.717) is 12.6 Å². The van der Waals surface area contributed by atoms with E-state index in [4.69, 9.17) is 0 Å². The molecule has 4 heteroatoms. The fourth-order valence-corrected chi connectivity index (χ4v) is 2.76. The summed E-state index contributed by atoms with van der Waals surface area (Å²) in [5, 5.41) is 1.91. The molecule has 0 saturated heterocycles. The summed E-state index contributed by atoms with van der Waals surface area (Å²) in [6.07, 6.45) is 2.14. The van der Waals surface area contributed by atoms with Gasteiger partial charge in [-0.3, -0.25) is 4.79 Å². The summed E-state index contributed by atoms with van der Waals surface area (Å²) in [6, 6.07) is 10.5. The third kappa shape index (κ3) is 2.84. The highest BCUT2D eigenvalue weighted by atomic mass is 32.1. The number of rotatable bonds is 4. The predicted octanol–water partition coefficient (Wildman–Crippen LogP) is 3.69. The van der Waals surface area contributed by atoms with Crippen molar-refractivity contribution < 1.29 is 9.18 Å². The lowest BCUT2D eigenvalue weighted by Crippen LogP contribution is -2.32. The van der Waals surface area contributed by atoms with Gasteiger partial charge in [0, 0.05) is 12.6 Å². The topological polar surface area (TPSA) is 20.3 Å². The molecule has 0 unspecified atom stereocenters. The van der Waals surface area contributed by atoms with Crippen LogP contribution in [0.3, 0.4) is 0 Å². The minimum Gasteiger partial charge on any atom is -0.331 e. The Balaban J connectivity index is 1.78. The van der Waals surface area contributed by atoms with Crippen molar-refractivity contribution in [1.29, 1.82) is 0 Å². The second-order valence-corrected chi connectivity index (χ2v) is 5.72. The first-order chi connectivity index (χ1) is 9.24. The van der Waals surface area contributed by atoms with Crippen molar-refractivity contribution >= 4 is 17.2 Å². The van der Waals surface area contributed by atoms with Crippen LogP contribution in [0.25, 0.3) is 0 Å². The van der Waals surface area contributed by atoms with Crippen LogP contribution in [-0.4, -0.2) is 16.8 Å². The number of amides is 1. The molecule has 1 aromatic heterocycles. The number of carbonyl (C=O) groups excluding carboxylic acids is 1. The fourth-order valence-electron chi connectivity index (χ4n) is 2.08. The lowest BCUT2D eigenvalue weighted by Gasteiger charge is -2.22. The summed E-state index contributed by atoms with van der Waals surface area (Å²) in [6.45, 7) is 0.557. The highest BCUT2D eigenvalue weighted by molar-refractivity contribution is 7.12. The van der Waals surface area contributed by atoms with Crippen LogP contribution in [0.15, 0.2) is 41.8 Å². The molecule has 0 radical (unpaired) electrons. The maximum Gasteiger partial charge on any atom is 0.264 e. The van der Waals surface area contributed by atoms with Gasteiger partial charge in [0.25, 0.3) is 5.91 Å². The Morgan fingerprint density at radius 1 is 1.26 bits per heavy atom. The van der Waals surface area contributed by atoms with Gasteiger partial charge >= 0.3 is 0 Å². The van der Waals surface area contributed by atoms with E-state index in [9.17, 15) is 9.18 Å². The molecule has 98 valence electrons. The van der Waals surface area contributed by atoms with Crippen LogP contribution < -0.4 is 0 Å². The maximum atomic E-state index is 12.9. The van der Waals surface area contributed by atoms with Crippen LogP contribution in [0.2, 0.25) is 0 Å². The lowest BCUT2D eigenvalue weighted by atomic mass is 10.2.